The summed E-state index contributed by atoms with van der Waals surface area (Å²) >= 11 is 0. The molecule has 1 aromatic heterocycles. The van der Waals surface area contributed by atoms with Gasteiger partial charge in [0, 0.05) is 27.6 Å². The Kier molecular flexibility index (Phi) is 8.19. The van der Waals surface area contributed by atoms with E-state index < -0.39 is 0 Å². The Morgan fingerprint density at radius 3 is 1.53 bits per heavy atom. The van der Waals surface area contributed by atoms with Crippen molar-refractivity contribution in [2.24, 2.45) is 0 Å². The maximum Gasteiger partial charge on any atom is 0.136 e. The van der Waals surface area contributed by atoms with Crippen LogP contribution in [0.2, 0.25) is 0 Å². The fourth-order valence-corrected chi connectivity index (χ4v) is 8.60. The molecule has 2 nitrogen and oxygen atoms in total. The minimum Gasteiger partial charge on any atom is -0.456 e. The Bertz CT molecular complexity index is 3260. The average Bonchev–Trinajstić information content (AvgIpc) is 3.65. The maximum atomic E-state index is 6.43. The molecule has 0 spiro atoms. The molecule has 0 aliphatic rings. The topological polar surface area (TPSA) is 16.4 Å². The molecule has 10 aromatic carbocycles. The molecule has 11 rings (SSSR count). The first kappa shape index (κ1) is 33.6. The fraction of sp³-hybridized carbons (Fsp3) is 0. The van der Waals surface area contributed by atoms with E-state index in [0.717, 1.165) is 61.3 Å². The number of nitrogens with zero attached hydrogens (tertiary/aromatic N) is 1. The van der Waals surface area contributed by atoms with Crippen molar-refractivity contribution in [1.82, 2.24) is 0 Å². The molecule has 0 bridgehead atoms. The minimum atomic E-state index is 0.886. The SMILES string of the molecule is c1ccc(-c2ccc(-c3ccccc3N(c3ccc(-c4cccc5ccccc45)cc3)c3ccccc3-c3ccc4oc5cc6ccccc6cc5c4c3)cc2)cc1. The van der Waals surface area contributed by atoms with Crippen LogP contribution in [0.3, 0.4) is 0 Å². The minimum absolute atomic E-state index is 0.886. The first-order valence-electron chi connectivity index (χ1n) is 19.8. The number of benzene rings is 10. The second kappa shape index (κ2) is 14.1. The summed E-state index contributed by atoms with van der Waals surface area (Å²) in [5, 5.41) is 7.10. The highest BCUT2D eigenvalue weighted by atomic mass is 16.3. The Balaban J connectivity index is 1.08. The van der Waals surface area contributed by atoms with Crippen LogP contribution < -0.4 is 4.90 Å². The molecule has 0 radical (unpaired) electrons. The largest absolute Gasteiger partial charge is 0.456 e. The van der Waals surface area contributed by atoms with E-state index >= 15 is 0 Å². The van der Waals surface area contributed by atoms with Crippen LogP contribution >= 0.6 is 0 Å². The lowest BCUT2D eigenvalue weighted by molar-refractivity contribution is 0.669. The first-order chi connectivity index (χ1) is 28.7. The Labute approximate surface area is 337 Å². The standard InChI is InChI=1S/C56H37NO/c1-2-13-38(14-3-1)39-25-27-42(28-26-39)49-20-8-10-23-53(49)57(46-32-29-41(30-33-46)48-22-12-18-40-15-6-7-19-47(40)48)54-24-11-9-21-50(54)45-31-34-55-51(36-45)52-35-43-16-4-5-17-44(43)37-56(52)58-55/h1-37H. The number of rotatable bonds is 7. The molecular formula is C56H37NO. The third kappa shape index (κ3) is 5.91. The Hall–Kier alpha value is -7.68. The third-order valence-electron chi connectivity index (χ3n) is 11.5. The van der Waals surface area contributed by atoms with E-state index in [2.05, 4.69) is 229 Å². The summed E-state index contributed by atoms with van der Waals surface area (Å²) in [6, 6.07) is 80.8. The van der Waals surface area contributed by atoms with E-state index in [0.29, 0.717) is 0 Å². The van der Waals surface area contributed by atoms with Crippen molar-refractivity contribution in [3.05, 3.63) is 224 Å². The van der Waals surface area contributed by atoms with Gasteiger partial charge < -0.3 is 9.32 Å². The van der Waals surface area contributed by atoms with Gasteiger partial charge in [-0.1, -0.05) is 176 Å². The highest BCUT2D eigenvalue weighted by molar-refractivity contribution is 6.11. The molecule has 0 unspecified atom stereocenters. The zero-order valence-electron chi connectivity index (χ0n) is 31.7. The molecule has 0 aliphatic heterocycles. The lowest BCUT2D eigenvalue weighted by Crippen LogP contribution is -2.12. The van der Waals surface area contributed by atoms with Gasteiger partial charge in [0.1, 0.15) is 11.2 Å². The van der Waals surface area contributed by atoms with Crippen molar-refractivity contribution < 1.29 is 4.42 Å². The number of hydrogen-bond donors (Lipinski definition) is 0. The summed E-state index contributed by atoms with van der Waals surface area (Å²) in [6.07, 6.45) is 0. The highest BCUT2D eigenvalue weighted by Crippen LogP contribution is 2.46. The van der Waals surface area contributed by atoms with Gasteiger partial charge in [0.15, 0.2) is 0 Å². The van der Waals surface area contributed by atoms with Gasteiger partial charge in [-0.05, 0) is 103 Å². The van der Waals surface area contributed by atoms with Crippen LogP contribution in [0.25, 0.3) is 88.0 Å². The molecule has 11 aromatic rings. The summed E-state index contributed by atoms with van der Waals surface area (Å²) in [4.78, 5) is 2.42. The summed E-state index contributed by atoms with van der Waals surface area (Å²) in [5.74, 6) is 0. The summed E-state index contributed by atoms with van der Waals surface area (Å²) in [5.41, 5.74) is 14.4. The molecule has 0 fully saturated rings. The number of anilines is 3. The lowest BCUT2D eigenvalue weighted by Gasteiger charge is -2.30. The molecule has 0 aliphatic carbocycles. The number of hydrogen-bond acceptors (Lipinski definition) is 2. The Morgan fingerprint density at radius 2 is 0.776 bits per heavy atom. The van der Waals surface area contributed by atoms with Crippen molar-refractivity contribution >= 4 is 60.5 Å². The van der Waals surface area contributed by atoms with Gasteiger partial charge in [-0.25, -0.2) is 0 Å². The quantitative estimate of drug-likeness (QED) is 0.162. The van der Waals surface area contributed by atoms with E-state index in [4.69, 9.17) is 4.42 Å². The van der Waals surface area contributed by atoms with Crippen LogP contribution in [0, 0.1) is 0 Å². The van der Waals surface area contributed by atoms with Crippen LogP contribution in [-0.4, -0.2) is 0 Å². The van der Waals surface area contributed by atoms with Crippen molar-refractivity contribution in [2.45, 2.75) is 0 Å². The van der Waals surface area contributed by atoms with E-state index in [9.17, 15) is 0 Å². The molecular weight excluding hydrogens is 703 g/mol. The molecule has 0 saturated heterocycles. The molecule has 1 heterocycles. The predicted molar refractivity (Wildman–Crippen MR) is 245 cm³/mol. The molecule has 0 saturated carbocycles. The third-order valence-corrected chi connectivity index (χ3v) is 11.5. The maximum absolute atomic E-state index is 6.43. The summed E-state index contributed by atoms with van der Waals surface area (Å²) < 4.78 is 6.43. The van der Waals surface area contributed by atoms with E-state index in [-0.39, 0.29) is 0 Å². The molecule has 2 heteroatoms. The highest BCUT2D eigenvalue weighted by Gasteiger charge is 2.21. The number of fused-ring (bicyclic) bond motifs is 5. The molecule has 272 valence electrons. The van der Waals surface area contributed by atoms with Crippen LogP contribution in [0.1, 0.15) is 0 Å². The predicted octanol–water partition coefficient (Wildman–Crippen LogP) is 16.0. The van der Waals surface area contributed by atoms with Crippen LogP contribution in [0.5, 0.6) is 0 Å². The van der Waals surface area contributed by atoms with Crippen molar-refractivity contribution in [3.63, 3.8) is 0 Å². The average molecular weight is 740 g/mol. The van der Waals surface area contributed by atoms with Gasteiger partial charge in [-0.15, -0.1) is 0 Å². The summed E-state index contributed by atoms with van der Waals surface area (Å²) in [6.45, 7) is 0. The fourth-order valence-electron chi connectivity index (χ4n) is 8.60. The monoisotopic (exact) mass is 739 g/mol. The number of para-hydroxylation sites is 2. The zero-order valence-corrected chi connectivity index (χ0v) is 31.7. The Morgan fingerprint density at radius 1 is 0.276 bits per heavy atom. The molecule has 0 atom stereocenters. The van der Waals surface area contributed by atoms with Gasteiger partial charge in [0.25, 0.3) is 0 Å². The van der Waals surface area contributed by atoms with E-state index in [1.165, 1.54) is 43.8 Å². The molecule has 58 heavy (non-hydrogen) atoms. The first-order valence-corrected chi connectivity index (χ1v) is 19.8. The molecule has 0 amide bonds. The van der Waals surface area contributed by atoms with Crippen molar-refractivity contribution in [2.75, 3.05) is 4.90 Å². The van der Waals surface area contributed by atoms with Crippen molar-refractivity contribution in [1.29, 1.82) is 0 Å². The van der Waals surface area contributed by atoms with E-state index in [1.807, 2.05) is 0 Å². The second-order valence-corrected chi connectivity index (χ2v) is 14.9. The summed E-state index contributed by atoms with van der Waals surface area (Å²) in [7, 11) is 0. The smallest absolute Gasteiger partial charge is 0.136 e. The van der Waals surface area contributed by atoms with Gasteiger partial charge in [0.05, 0.1) is 11.4 Å². The van der Waals surface area contributed by atoms with Gasteiger partial charge in [-0.3, -0.25) is 0 Å². The normalized spacial score (nSPS) is 11.4. The van der Waals surface area contributed by atoms with Gasteiger partial charge in [0.2, 0.25) is 0 Å². The van der Waals surface area contributed by atoms with Gasteiger partial charge >= 0.3 is 0 Å². The second-order valence-electron chi connectivity index (χ2n) is 14.9. The zero-order chi connectivity index (χ0) is 38.4. The van der Waals surface area contributed by atoms with E-state index in [1.54, 1.807) is 0 Å². The van der Waals surface area contributed by atoms with Crippen LogP contribution in [0.4, 0.5) is 17.1 Å². The van der Waals surface area contributed by atoms with Crippen LogP contribution in [0.15, 0.2) is 229 Å². The van der Waals surface area contributed by atoms with Crippen molar-refractivity contribution in [3.8, 4) is 44.5 Å². The van der Waals surface area contributed by atoms with Crippen LogP contribution in [-0.2, 0) is 0 Å². The number of furan rings is 1. The van der Waals surface area contributed by atoms with Gasteiger partial charge in [-0.2, -0.15) is 0 Å². The molecule has 0 N–H and O–H groups in total. The lowest BCUT2D eigenvalue weighted by atomic mass is 9.96.